The first-order chi connectivity index (χ1) is 24.7. The number of pyridine rings is 1. The number of halogens is 1. The third-order valence-corrected chi connectivity index (χ3v) is 12.5. The van der Waals surface area contributed by atoms with Crippen LogP contribution in [0.3, 0.4) is 0 Å². The summed E-state index contributed by atoms with van der Waals surface area (Å²) >= 11 is 3.21. The number of rotatable bonds is 5. The van der Waals surface area contributed by atoms with Gasteiger partial charge in [-0.2, -0.15) is 0 Å². The average molecular weight is 719 g/mol. The molecule has 3 aliphatic rings. The van der Waals surface area contributed by atoms with Gasteiger partial charge in [0.2, 0.25) is 0 Å². The number of hydrogen-bond donors (Lipinski definition) is 2. The van der Waals surface area contributed by atoms with Crippen molar-refractivity contribution < 1.29 is 18.7 Å². The van der Waals surface area contributed by atoms with Crippen molar-refractivity contribution in [2.24, 2.45) is 5.41 Å². The fourth-order valence-corrected chi connectivity index (χ4v) is 9.80. The Morgan fingerprint density at radius 2 is 1.82 bits per heavy atom. The lowest BCUT2D eigenvalue weighted by molar-refractivity contribution is -0.000510. The molecule has 0 unspecified atom stereocenters. The number of hydrogen-bond acceptors (Lipinski definition) is 8. The summed E-state index contributed by atoms with van der Waals surface area (Å²) in [5.41, 5.74) is 6.02. The van der Waals surface area contributed by atoms with Crippen molar-refractivity contribution in [3.05, 3.63) is 99.8 Å². The van der Waals surface area contributed by atoms with Crippen LogP contribution in [0.15, 0.2) is 66.9 Å². The molecule has 0 bridgehead atoms. The van der Waals surface area contributed by atoms with Gasteiger partial charge in [0.25, 0.3) is 11.8 Å². The highest BCUT2D eigenvalue weighted by Crippen LogP contribution is 2.48. The second-order valence-electron chi connectivity index (χ2n) is 13.9. The monoisotopic (exact) mass is 718 g/mol. The van der Waals surface area contributed by atoms with Crippen molar-refractivity contribution in [1.29, 1.82) is 0 Å². The molecule has 0 radical (unpaired) electrons. The zero-order chi connectivity index (χ0) is 34.9. The SMILES string of the molecule is Cc1cnc(N2CC3(CCOCC3)C2)c(C(=O)Nc2ccc(C(=O)N3CCc4cc(-c5nc6cccc(F)c6[nH]5)sc4-c4cc(C)sc43)cc2)c1. The molecule has 2 aromatic carbocycles. The fourth-order valence-electron chi connectivity index (χ4n) is 7.53. The minimum Gasteiger partial charge on any atom is -0.381 e. The van der Waals surface area contributed by atoms with Crippen LogP contribution in [0.25, 0.3) is 32.2 Å². The second-order valence-corrected chi connectivity index (χ2v) is 16.1. The largest absolute Gasteiger partial charge is 0.381 e. The van der Waals surface area contributed by atoms with E-state index in [1.165, 1.54) is 6.07 Å². The first-order valence-electron chi connectivity index (χ1n) is 17.1. The number of fused-ring (bicyclic) bond motifs is 4. The molecule has 258 valence electrons. The van der Waals surface area contributed by atoms with Gasteiger partial charge in [-0.05, 0) is 98.8 Å². The molecule has 12 heteroatoms. The van der Waals surface area contributed by atoms with Gasteiger partial charge in [-0.1, -0.05) is 6.07 Å². The molecule has 2 saturated heterocycles. The molecule has 0 aliphatic carbocycles. The van der Waals surface area contributed by atoms with Gasteiger partial charge in [0.05, 0.1) is 16.0 Å². The predicted molar refractivity (Wildman–Crippen MR) is 201 cm³/mol. The van der Waals surface area contributed by atoms with E-state index in [2.05, 4.69) is 44.2 Å². The molecule has 4 aromatic heterocycles. The highest BCUT2D eigenvalue weighted by Gasteiger charge is 2.45. The third kappa shape index (κ3) is 5.71. The quantitative estimate of drug-likeness (QED) is 0.186. The summed E-state index contributed by atoms with van der Waals surface area (Å²) in [5, 5.41) is 3.95. The van der Waals surface area contributed by atoms with E-state index in [1.807, 2.05) is 24.1 Å². The lowest BCUT2D eigenvalue weighted by Crippen LogP contribution is -2.59. The molecule has 2 fully saturated rings. The van der Waals surface area contributed by atoms with Gasteiger partial charge in [0.1, 0.15) is 28.0 Å². The maximum atomic E-state index is 14.4. The Morgan fingerprint density at radius 3 is 2.61 bits per heavy atom. The van der Waals surface area contributed by atoms with Crippen molar-refractivity contribution in [2.45, 2.75) is 33.1 Å². The van der Waals surface area contributed by atoms with Gasteiger partial charge in [0.15, 0.2) is 0 Å². The number of anilines is 3. The van der Waals surface area contributed by atoms with Crippen molar-refractivity contribution in [2.75, 3.05) is 48.0 Å². The number of para-hydroxylation sites is 1. The number of ether oxygens (including phenoxy) is 1. The number of imidazole rings is 1. The van der Waals surface area contributed by atoms with Crippen LogP contribution in [-0.2, 0) is 11.2 Å². The number of carbonyl (C=O) groups is 2. The second kappa shape index (κ2) is 12.4. The fraction of sp³-hybridized carbons (Fsp3) is 0.282. The summed E-state index contributed by atoms with van der Waals surface area (Å²) in [6.07, 6.45) is 4.55. The summed E-state index contributed by atoms with van der Waals surface area (Å²) in [6, 6.07) is 18.1. The van der Waals surface area contributed by atoms with Crippen LogP contribution in [0.5, 0.6) is 0 Å². The smallest absolute Gasteiger partial charge is 0.259 e. The first-order valence-corrected chi connectivity index (χ1v) is 18.8. The highest BCUT2D eigenvalue weighted by molar-refractivity contribution is 7.21. The van der Waals surface area contributed by atoms with Crippen LogP contribution < -0.4 is 15.1 Å². The van der Waals surface area contributed by atoms with Gasteiger partial charge < -0.3 is 19.9 Å². The van der Waals surface area contributed by atoms with E-state index in [9.17, 15) is 14.0 Å². The molecule has 1 spiro atoms. The van der Waals surface area contributed by atoms with Gasteiger partial charge in [0, 0.05) is 71.0 Å². The summed E-state index contributed by atoms with van der Waals surface area (Å²) in [6.45, 7) is 7.83. The van der Waals surface area contributed by atoms with Crippen LogP contribution in [-0.4, -0.2) is 59.6 Å². The molecule has 6 aromatic rings. The van der Waals surface area contributed by atoms with E-state index in [4.69, 9.17) is 4.74 Å². The molecule has 2 amide bonds. The topological polar surface area (TPSA) is 103 Å². The van der Waals surface area contributed by atoms with Crippen LogP contribution in [0.4, 0.5) is 20.9 Å². The molecule has 51 heavy (non-hydrogen) atoms. The van der Waals surface area contributed by atoms with Gasteiger partial charge in [-0.15, -0.1) is 22.7 Å². The number of benzene rings is 2. The number of amides is 2. The highest BCUT2D eigenvalue weighted by atomic mass is 32.1. The Labute approximate surface area is 302 Å². The summed E-state index contributed by atoms with van der Waals surface area (Å²) < 4.78 is 20.0. The van der Waals surface area contributed by atoms with Crippen molar-refractivity contribution >= 4 is 62.0 Å². The molecule has 7 heterocycles. The van der Waals surface area contributed by atoms with Crippen molar-refractivity contribution in [3.8, 4) is 21.1 Å². The first kappa shape index (κ1) is 32.0. The molecule has 9 nitrogen and oxygen atoms in total. The number of H-pyrrole nitrogens is 1. The third-order valence-electron chi connectivity index (χ3n) is 10.2. The standard InChI is InChI=1S/C39H35FN6O3S2/c1-22-16-28(35(41-19-22)45-20-39(21-45)11-14-49-15-12-39)36(47)42-26-8-6-24(7-9-26)37(48)46-13-10-25-18-31(51-33(25)27-17-23(2)50-38(27)46)34-43-30-5-3-4-29(40)32(30)44-34/h3-9,16-19H,10-15,20-21H2,1-2H3,(H,42,47)(H,43,44). The average Bonchev–Trinajstić information content (AvgIpc) is 3.83. The lowest BCUT2D eigenvalue weighted by atomic mass is 9.73. The predicted octanol–water partition coefficient (Wildman–Crippen LogP) is 8.24. The molecular formula is C39H35FN6O3S2. The summed E-state index contributed by atoms with van der Waals surface area (Å²) in [7, 11) is 0. The van der Waals surface area contributed by atoms with Crippen LogP contribution >= 0.6 is 22.7 Å². The molecule has 0 atom stereocenters. The Hall–Kier alpha value is -4.91. The minimum atomic E-state index is -0.326. The van der Waals surface area contributed by atoms with Crippen LogP contribution in [0.2, 0.25) is 0 Å². The summed E-state index contributed by atoms with van der Waals surface area (Å²) in [5.74, 6) is 0.702. The Bertz CT molecular complexity index is 2330. The summed E-state index contributed by atoms with van der Waals surface area (Å²) in [4.78, 5) is 47.4. The van der Waals surface area contributed by atoms with E-state index >= 15 is 0 Å². The van der Waals surface area contributed by atoms with E-state index < -0.39 is 0 Å². The maximum Gasteiger partial charge on any atom is 0.259 e. The number of aromatic amines is 1. The van der Waals surface area contributed by atoms with E-state index in [0.29, 0.717) is 52.5 Å². The van der Waals surface area contributed by atoms with Crippen LogP contribution in [0.1, 0.15) is 49.6 Å². The Kier molecular flexibility index (Phi) is 7.78. The van der Waals surface area contributed by atoms with Gasteiger partial charge >= 0.3 is 0 Å². The number of thiophene rings is 2. The molecule has 2 N–H and O–H groups in total. The number of aryl methyl sites for hydroxylation is 2. The van der Waals surface area contributed by atoms with Crippen molar-refractivity contribution in [1.82, 2.24) is 15.0 Å². The number of carbonyl (C=O) groups excluding carboxylic acids is 2. The normalized spacial score (nSPS) is 16.5. The Balaban J connectivity index is 0.928. The van der Waals surface area contributed by atoms with E-state index in [-0.39, 0.29) is 23.0 Å². The van der Waals surface area contributed by atoms with Crippen LogP contribution in [0, 0.1) is 25.1 Å². The number of aromatic nitrogens is 3. The van der Waals surface area contributed by atoms with Gasteiger partial charge in [-0.25, -0.2) is 14.4 Å². The zero-order valence-corrected chi connectivity index (χ0v) is 29.8. The molecule has 0 saturated carbocycles. The molecular weight excluding hydrogens is 684 g/mol. The lowest BCUT2D eigenvalue weighted by Gasteiger charge is -2.53. The molecule has 3 aliphatic heterocycles. The maximum absolute atomic E-state index is 14.4. The van der Waals surface area contributed by atoms with E-state index in [1.54, 1.807) is 59.1 Å². The molecule has 9 rings (SSSR count). The number of nitrogens with zero attached hydrogens (tertiary/aromatic N) is 4. The van der Waals surface area contributed by atoms with Crippen molar-refractivity contribution in [3.63, 3.8) is 0 Å². The van der Waals surface area contributed by atoms with E-state index in [0.717, 1.165) is 75.5 Å². The number of nitrogens with one attached hydrogen (secondary N) is 2. The Morgan fingerprint density at radius 1 is 1.02 bits per heavy atom. The zero-order valence-electron chi connectivity index (χ0n) is 28.2. The van der Waals surface area contributed by atoms with Gasteiger partial charge in [-0.3, -0.25) is 14.5 Å². The minimum absolute atomic E-state index is 0.0934.